The highest BCUT2D eigenvalue weighted by Crippen LogP contribution is 2.93. The summed E-state index contributed by atoms with van der Waals surface area (Å²) in [6, 6.07) is 3.63. The summed E-state index contributed by atoms with van der Waals surface area (Å²) in [7, 11) is 0. The van der Waals surface area contributed by atoms with Gasteiger partial charge in [-0.25, -0.2) is 4.98 Å². The van der Waals surface area contributed by atoms with Crippen molar-refractivity contribution < 1.29 is 9.53 Å². The average molecular weight is 468 g/mol. The van der Waals surface area contributed by atoms with Crippen LogP contribution in [-0.2, 0) is 4.74 Å². The monoisotopic (exact) mass is 467 g/mol. The van der Waals surface area contributed by atoms with Crippen LogP contribution in [0.2, 0.25) is 0 Å². The maximum Gasteiger partial charge on any atom is 0.252 e. The Hall–Kier alpha value is -2.12. The number of carbonyl (C=O) groups excluding carboxylic acids is 1. The molecule has 4 fully saturated rings. The van der Waals surface area contributed by atoms with Crippen LogP contribution in [0.3, 0.4) is 0 Å². The molecule has 0 bridgehead atoms. The first-order valence-corrected chi connectivity index (χ1v) is 13.2. The molecule has 2 aliphatic heterocycles. The molecule has 0 radical (unpaired) electrons. The number of nitrogens with zero attached hydrogens (tertiary/aromatic N) is 3. The number of anilines is 2. The van der Waals surface area contributed by atoms with Crippen molar-refractivity contribution in [2.75, 3.05) is 23.1 Å². The van der Waals surface area contributed by atoms with Crippen LogP contribution < -0.4 is 21.1 Å². The first-order chi connectivity index (χ1) is 16.3. The second-order valence-electron chi connectivity index (χ2n) is 11.4. The molecular formula is C27H41N5O2. The molecule has 5 aliphatic rings. The minimum atomic E-state index is -0.442. The van der Waals surface area contributed by atoms with Gasteiger partial charge in [-0.05, 0) is 93.2 Å². The molecule has 1 amide bonds. The van der Waals surface area contributed by atoms with Crippen LogP contribution in [0.4, 0.5) is 11.6 Å². The van der Waals surface area contributed by atoms with Crippen molar-refractivity contribution in [2.24, 2.45) is 28.4 Å². The van der Waals surface area contributed by atoms with Gasteiger partial charge in [0.05, 0.1) is 5.56 Å². The van der Waals surface area contributed by atoms with E-state index >= 15 is 0 Å². The number of hydrazine groups is 1. The average Bonchev–Trinajstić information content (AvgIpc) is 3.75. The SMILES string of the molecule is CC.CC1CN(c2nc(N3C=CC(OCCC4C5(CC5)C45CC5)N3)ccc2C(N)=O)C(C)(C)C1. The molecule has 3 N–H and O–H groups in total. The molecule has 3 aliphatic carbocycles. The summed E-state index contributed by atoms with van der Waals surface area (Å²) in [5.74, 6) is 2.41. The smallest absolute Gasteiger partial charge is 0.252 e. The Morgan fingerprint density at radius 2 is 1.88 bits per heavy atom. The van der Waals surface area contributed by atoms with Gasteiger partial charge in [0.1, 0.15) is 17.9 Å². The number of carbonyl (C=O) groups is 1. The van der Waals surface area contributed by atoms with Crippen molar-refractivity contribution in [1.82, 2.24) is 10.4 Å². The van der Waals surface area contributed by atoms with Crippen molar-refractivity contribution in [3.63, 3.8) is 0 Å². The molecule has 34 heavy (non-hydrogen) atoms. The number of hydrogen-bond acceptors (Lipinski definition) is 6. The van der Waals surface area contributed by atoms with Crippen molar-refractivity contribution in [2.45, 2.75) is 84.9 Å². The molecule has 1 aromatic rings. The van der Waals surface area contributed by atoms with Gasteiger partial charge in [0.15, 0.2) is 0 Å². The molecule has 6 rings (SSSR count). The predicted octanol–water partition coefficient (Wildman–Crippen LogP) is 4.59. The number of primary amides is 1. The summed E-state index contributed by atoms with van der Waals surface area (Å²) in [6.45, 7) is 12.3. The molecule has 1 saturated heterocycles. The predicted molar refractivity (Wildman–Crippen MR) is 135 cm³/mol. The van der Waals surface area contributed by atoms with Gasteiger partial charge >= 0.3 is 0 Å². The van der Waals surface area contributed by atoms with E-state index in [1.165, 1.54) is 32.1 Å². The van der Waals surface area contributed by atoms with Crippen LogP contribution >= 0.6 is 0 Å². The second-order valence-corrected chi connectivity index (χ2v) is 11.4. The summed E-state index contributed by atoms with van der Waals surface area (Å²) in [5, 5.41) is 1.88. The van der Waals surface area contributed by atoms with E-state index in [0.29, 0.717) is 17.3 Å². The zero-order chi connectivity index (χ0) is 24.3. The molecule has 7 heteroatoms. The lowest BCUT2D eigenvalue weighted by Crippen LogP contribution is -2.41. The maximum absolute atomic E-state index is 12.1. The Kier molecular flexibility index (Phi) is 5.72. The number of fused-ring (bicyclic) bond motifs is 1. The highest BCUT2D eigenvalue weighted by molar-refractivity contribution is 5.98. The molecule has 2 atom stereocenters. The summed E-state index contributed by atoms with van der Waals surface area (Å²) in [4.78, 5) is 19.2. The third-order valence-corrected chi connectivity index (χ3v) is 8.90. The van der Waals surface area contributed by atoms with E-state index in [0.717, 1.165) is 42.1 Å². The standard InChI is InChI=1S/C25H35N5O2.C2H6/c1-16-14-23(2,3)29(15-16)22-17(21(26)31)4-5-19(27-22)30-12-6-20(28-30)32-13-7-18-24(8-9-24)25(18)10-11-25;1-2/h4-6,12,16,18,20,28H,7-11,13-15H2,1-3H3,(H2,26,31);1-2H3. The fourth-order valence-corrected chi connectivity index (χ4v) is 7.22. The quantitative estimate of drug-likeness (QED) is 0.610. The Balaban J connectivity index is 0.00000117. The van der Waals surface area contributed by atoms with E-state index in [-0.39, 0.29) is 11.8 Å². The molecule has 3 saturated carbocycles. The maximum atomic E-state index is 12.1. The fraction of sp³-hybridized carbons (Fsp3) is 0.704. The molecule has 2 spiro atoms. The Morgan fingerprint density at radius 3 is 2.44 bits per heavy atom. The zero-order valence-corrected chi connectivity index (χ0v) is 21.4. The number of pyridine rings is 1. The summed E-state index contributed by atoms with van der Waals surface area (Å²) in [5.41, 5.74) is 10.9. The van der Waals surface area contributed by atoms with E-state index < -0.39 is 5.91 Å². The number of hydrogen-bond donors (Lipinski definition) is 2. The van der Waals surface area contributed by atoms with Crippen LogP contribution in [-0.4, -0.2) is 35.8 Å². The van der Waals surface area contributed by atoms with Crippen LogP contribution in [0.5, 0.6) is 0 Å². The topological polar surface area (TPSA) is 83.7 Å². The second kappa shape index (κ2) is 8.23. The molecule has 1 aromatic heterocycles. The van der Waals surface area contributed by atoms with Crippen LogP contribution in [0.15, 0.2) is 24.4 Å². The Labute approximate surface area is 204 Å². The summed E-state index contributed by atoms with van der Waals surface area (Å²) >= 11 is 0. The zero-order valence-electron chi connectivity index (χ0n) is 21.4. The van der Waals surface area contributed by atoms with Crippen LogP contribution in [0, 0.1) is 22.7 Å². The lowest BCUT2D eigenvalue weighted by molar-refractivity contribution is 0.0624. The minimum Gasteiger partial charge on any atom is -0.365 e. The number of nitrogens with one attached hydrogen (secondary N) is 1. The molecular weight excluding hydrogens is 426 g/mol. The van der Waals surface area contributed by atoms with E-state index in [9.17, 15) is 4.79 Å². The third kappa shape index (κ3) is 3.72. The minimum absolute atomic E-state index is 0.0736. The van der Waals surface area contributed by atoms with E-state index in [1.54, 1.807) is 6.07 Å². The van der Waals surface area contributed by atoms with Gasteiger partial charge in [-0.15, -0.1) is 0 Å². The third-order valence-electron chi connectivity index (χ3n) is 8.90. The van der Waals surface area contributed by atoms with E-state index in [1.807, 2.05) is 37.2 Å². The van der Waals surface area contributed by atoms with E-state index in [4.69, 9.17) is 15.5 Å². The van der Waals surface area contributed by atoms with Crippen molar-refractivity contribution in [1.29, 1.82) is 0 Å². The molecule has 3 heterocycles. The lowest BCUT2D eigenvalue weighted by atomic mass is 9.97. The largest absolute Gasteiger partial charge is 0.365 e. The van der Waals surface area contributed by atoms with Gasteiger partial charge in [0, 0.05) is 24.9 Å². The molecule has 186 valence electrons. The van der Waals surface area contributed by atoms with Crippen LogP contribution in [0.1, 0.15) is 83.5 Å². The van der Waals surface area contributed by atoms with Gasteiger partial charge in [0.25, 0.3) is 5.91 Å². The Morgan fingerprint density at radius 1 is 1.21 bits per heavy atom. The molecule has 0 aromatic carbocycles. The number of rotatable bonds is 7. The van der Waals surface area contributed by atoms with Crippen molar-refractivity contribution in [3.05, 3.63) is 30.0 Å². The lowest BCUT2D eigenvalue weighted by Gasteiger charge is -2.34. The molecule has 2 unspecified atom stereocenters. The fourth-order valence-electron chi connectivity index (χ4n) is 7.22. The van der Waals surface area contributed by atoms with Gasteiger partial charge in [-0.2, -0.15) is 5.43 Å². The van der Waals surface area contributed by atoms with Gasteiger partial charge in [-0.3, -0.25) is 9.80 Å². The Bertz CT molecular complexity index is 963. The highest BCUT2D eigenvalue weighted by Gasteiger charge is 2.85. The van der Waals surface area contributed by atoms with Gasteiger partial charge in [-0.1, -0.05) is 20.8 Å². The summed E-state index contributed by atoms with van der Waals surface area (Å²) in [6.07, 6.45) is 11.9. The number of amides is 1. The van der Waals surface area contributed by atoms with Crippen LogP contribution in [0.25, 0.3) is 0 Å². The summed E-state index contributed by atoms with van der Waals surface area (Å²) < 4.78 is 6.13. The van der Waals surface area contributed by atoms with Crippen molar-refractivity contribution in [3.8, 4) is 0 Å². The molecule has 7 nitrogen and oxygen atoms in total. The van der Waals surface area contributed by atoms with Crippen molar-refractivity contribution >= 4 is 17.5 Å². The van der Waals surface area contributed by atoms with Gasteiger partial charge < -0.3 is 15.4 Å². The van der Waals surface area contributed by atoms with Gasteiger partial charge in [0.2, 0.25) is 0 Å². The normalized spacial score (nSPS) is 28.9. The van der Waals surface area contributed by atoms with E-state index in [2.05, 4.69) is 31.1 Å². The number of nitrogens with two attached hydrogens (primary N) is 1. The highest BCUT2D eigenvalue weighted by atomic mass is 16.5. The first kappa shape index (κ1) is 23.6. The number of ether oxygens (including phenoxy) is 1. The number of aromatic nitrogens is 1. The first-order valence-electron chi connectivity index (χ1n) is 13.2.